The van der Waals surface area contributed by atoms with Gasteiger partial charge < -0.3 is 20.3 Å². The Morgan fingerprint density at radius 1 is 0.907 bits per heavy atom. The summed E-state index contributed by atoms with van der Waals surface area (Å²) in [5.41, 5.74) is 0.989. The molecule has 0 aliphatic heterocycles. The maximum atomic E-state index is 14.0. The molecule has 0 radical (unpaired) electrons. The van der Waals surface area contributed by atoms with Crippen LogP contribution in [0.25, 0.3) is 0 Å². The van der Waals surface area contributed by atoms with Crippen LogP contribution in [0.1, 0.15) is 137 Å². The van der Waals surface area contributed by atoms with Gasteiger partial charge in [0.2, 0.25) is 0 Å². The molecule has 296 valence electrons. The highest BCUT2D eigenvalue weighted by Crippen LogP contribution is 2.77. The normalized spacial score (nSPS) is 41.1. The van der Waals surface area contributed by atoms with Crippen LogP contribution in [0.5, 0.6) is 0 Å². The lowest BCUT2D eigenvalue weighted by atomic mass is 9.33. The minimum atomic E-state index is -0.879. The molecule has 1 heterocycles. The van der Waals surface area contributed by atoms with Crippen LogP contribution in [0.2, 0.25) is 0 Å². The van der Waals surface area contributed by atoms with Gasteiger partial charge in [0, 0.05) is 36.2 Å². The Balaban J connectivity index is 1.14. The molecule has 0 spiro atoms. The number of carbonyl (C=O) groups excluding carboxylic acids is 3. The van der Waals surface area contributed by atoms with Gasteiger partial charge in [-0.15, -0.1) is 0 Å². The summed E-state index contributed by atoms with van der Waals surface area (Å²) in [7, 11) is 0. The number of aliphatic hydroxyl groups excluding tert-OH is 1. The number of hydrogen-bond acceptors (Lipinski definition) is 7. The van der Waals surface area contributed by atoms with Crippen molar-refractivity contribution in [3.05, 3.63) is 41.2 Å². The Kier molecular flexibility index (Phi) is 9.42. The van der Waals surface area contributed by atoms with Crippen molar-refractivity contribution < 1.29 is 34.1 Å². The minimum absolute atomic E-state index is 0.00885. The van der Waals surface area contributed by atoms with Crippen molar-refractivity contribution in [2.24, 2.45) is 68.0 Å². The van der Waals surface area contributed by atoms with Gasteiger partial charge >= 0.3 is 11.9 Å². The number of carboxylic acid groups (broad SMARTS) is 1. The average molecular weight is 745 g/mol. The third-order valence-electron chi connectivity index (χ3n) is 17.5. The van der Waals surface area contributed by atoms with Crippen LogP contribution in [-0.2, 0) is 19.1 Å². The zero-order chi connectivity index (χ0) is 39.4. The summed E-state index contributed by atoms with van der Waals surface area (Å²) in [5, 5.41) is 24.7. The van der Waals surface area contributed by atoms with E-state index in [0.717, 1.165) is 50.5 Å². The third-order valence-corrected chi connectivity index (χ3v) is 17.5. The van der Waals surface area contributed by atoms with Crippen LogP contribution in [-0.4, -0.2) is 57.6 Å². The second-order valence-corrected chi connectivity index (χ2v) is 20.6. The number of ether oxygens (including phenoxy) is 1. The lowest BCUT2D eigenvalue weighted by molar-refractivity contribution is -0.238. The van der Waals surface area contributed by atoms with Gasteiger partial charge in [0.05, 0.1) is 23.5 Å². The van der Waals surface area contributed by atoms with Crippen LogP contribution in [0.4, 0.5) is 0 Å². The lowest BCUT2D eigenvalue weighted by Gasteiger charge is -2.72. The Morgan fingerprint density at radius 2 is 1.63 bits per heavy atom. The van der Waals surface area contributed by atoms with Gasteiger partial charge in [0.15, 0.2) is 5.78 Å². The number of nitrogens with zero attached hydrogens (tertiary/aromatic N) is 1. The second kappa shape index (κ2) is 13.0. The molecule has 0 aromatic carbocycles. The number of aliphatic carboxylic acids is 1. The molecule has 3 N–H and O–H groups in total. The molecule has 5 saturated carbocycles. The SMILES string of the molecule is CC(C)C1=C2[C@H]3CC[C@@H]4[C@@]5(C)CC[C@H](OC(=O)[C@H]6C[C@@H](C(=O)O)C6(C)C)C(C)(C)[C@@H]5CC[C@@]4(C)[C@]3(C)CC[C@@]2([C@@H](O)CNC(=O)c2cccnc2)CC1=O. The predicted octanol–water partition coefficient (Wildman–Crippen LogP) is 7.81. The number of aromatic nitrogens is 1. The molecule has 0 saturated heterocycles. The Labute approximate surface area is 321 Å². The molecule has 9 nitrogen and oxygen atoms in total. The van der Waals surface area contributed by atoms with E-state index in [0.29, 0.717) is 36.7 Å². The van der Waals surface area contributed by atoms with E-state index in [1.807, 2.05) is 13.8 Å². The highest BCUT2D eigenvalue weighted by molar-refractivity contribution is 6.01. The maximum Gasteiger partial charge on any atom is 0.309 e. The van der Waals surface area contributed by atoms with Crippen LogP contribution in [0.15, 0.2) is 35.7 Å². The van der Waals surface area contributed by atoms with E-state index in [1.54, 1.807) is 18.3 Å². The van der Waals surface area contributed by atoms with E-state index in [-0.39, 0.29) is 63.8 Å². The average Bonchev–Trinajstić information content (AvgIpc) is 3.41. The zero-order valence-corrected chi connectivity index (χ0v) is 34.1. The third kappa shape index (κ3) is 5.43. The van der Waals surface area contributed by atoms with Gasteiger partial charge in [-0.1, -0.05) is 67.9 Å². The molecular weight excluding hydrogens is 681 g/mol. The van der Waals surface area contributed by atoms with Gasteiger partial charge in [0.25, 0.3) is 5.91 Å². The lowest BCUT2D eigenvalue weighted by Crippen LogP contribution is -2.66. The monoisotopic (exact) mass is 744 g/mol. The van der Waals surface area contributed by atoms with Crippen LogP contribution < -0.4 is 5.32 Å². The smallest absolute Gasteiger partial charge is 0.309 e. The highest BCUT2D eigenvalue weighted by atomic mass is 16.5. The van der Waals surface area contributed by atoms with E-state index in [4.69, 9.17) is 4.74 Å². The van der Waals surface area contributed by atoms with Gasteiger partial charge in [-0.05, 0) is 121 Å². The van der Waals surface area contributed by atoms with Crippen molar-refractivity contribution in [3.63, 3.8) is 0 Å². The topological polar surface area (TPSA) is 143 Å². The van der Waals surface area contributed by atoms with Crippen LogP contribution >= 0.6 is 0 Å². The maximum absolute atomic E-state index is 14.0. The van der Waals surface area contributed by atoms with E-state index >= 15 is 0 Å². The molecule has 1 amide bonds. The van der Waals surface area contributed by atoms with E-state index in [9.17, 15) is 29.4 Å². The van der Waals surface area contributed by atoms with Crippen molar-refractivity contribution in [1.82, 2.24) is 10.3 Å². The number of allylic oxidation sites excluding steroid dienone is 1. The number of carboxylic acids is 1. The fourth-order valence-electron chi connectivity index (χ4n) is 14.2. The van der Waals surface area contributed by atoms with Crippen molar-refractivity contribution in [1.29, 1.82) is 0 Å². The molecular formula is C45H64N2O7. The highest BCUT2D eigenvalue weighted by Gasteiger charge is 2.71. The number of pyridine rings is 1. The summed E-state index contributed by atoms with van der Waals surface area (Å²) >= 11 is 0. The number of rotatable bonds is 8. The molecule has 6 aliphatic rings. The summed E-state index contributed by atoms with van der Waals surface area (Å²) in [6.45, 7) is 20.2. The summed E-state index contributed by atoms with van der Waals surface area (Å²) < 4.78 is 6.40. The molecule has 0 unspecified atom stereocenters. The molecule has 1 aromatic rings. The van der Waals surface area contributed by atoms with Crippen LogP contribution in [0, 0.1) is 68.0 Å². The number of hydrogen-bond donors (Lipinski definition) is 3. The molecule has 9 heteroatoms. The summed E-state index contributed by atoms with van der Waals surface area (Å²) in [6, 6.07) is 3.43. The molecule has 11 atom stereocenters. The Morgan fingerprint density at radius 3 is 2.26 bits per heavy atom. The van der Waals surface area contributed by atoms with E-state index in [1.165, 1.54) is 11.8 Å². The fraction of sp³-hybridized carbons (Fsp3) is 0.756. The first-order valence-corrected chi connectivity index (χ1v) is 20.7. The number of ketones is 1. The first-order valence-electron chi connectivity index (χ1n) is 20.7. The second-order valence-electron chi connectivity index (χ2n) is 20.6. The number of aliphatic hydroxyl groups is 1. The summed E-state index contributed by atoms with van der Waals surface area (Å²) in [6.07, 6.45) is 10.2. The molecule has 0 bridgehead atoms. The number of Topliss-reactive ketones (excluding diaryl/α,β-unsaturated/α-hetero) is 1. The van der Waals surface area contributed by atoms with E-state index < -0.39 is 34.7 Å². The summed E-state index contributed by atoms with van der Waals surface area (Å²) in [5.74, 6) is -1.07. The van der Waals surface area contributed by atoms with Crippen LogP contribution in [0.3, 0.4) is 0 Å². The number of amides is 1. The van der Waals surface area contributed by atoms with Gasteiger partial charge in [-0.25, -0.2) is 0 Å². The van der Waals surface area contributed by atoms with E-state index in [2.05, 4.69) is 58.8 Å². The Hall–Kier alpha value is -3.07. The first-order chi connectivity index (χ1) is 25.2. The predicted molar refractivity (Wildman–Crippen MR) is 205 cm³/mol. The summed E-state index contributed by atoms with van der Waals surface area (Å²) in [4.78, 5) is 56.5. The number of carbonyl (C=O) groups is 4. The molecule has 5 fully saturated rings. The largest absolute Gasteiger partial charge is 0.481 e. The molecule has 1 aromatic heterocycles. The van der Waals surface area contributed by atoms with Crippen molar-refractivity contribution in [2.75, 3.05) is 6.54 Å². The van der Waals surface area contributed by atoms with Crippen molar-refractivity contribution in [3.8, 4) is 0 Å². The number of nitrogens with one attached hydrogen (secondary N) is 1. The van der Waals surface area contributed by atoms with Crippen molar-refractivity contribution in [2.45, 2.75) is 139 Å². The molecule has 6 aliphatic carbocycles. The number of fused-ring (bicyclic) bond motifs is 7. The molecule has 54 heavy (non-hydrogen) atoms. The fourth-order valence-corrected chi connectivity index (χ4v) is 14.2. The number of esters is 1. The van der Waals surface area contributed by atoms with Crippen molar-refractivity contribution >= 4 is 23.6 Å². The van der Waals surface area contributed by atoms with Gasteiger partial charge in [0.1, 0.15) is 6.10 Å². The Bertz CT molecular complexity index is 1750. The van der Waals surface area contributed by atoms with Gasteiger partial charge in [-0.3, -0.25) is 24.2 Å². The minimum Gasteiger partial charge on any atom is -0.481 e. The zero-order valence-electron chi connectivity index (χ0n) is 34.1. The quantitative estimate of drug-likeness (QED) is 0.229. The standard InChI is InChI=1S/C45H64N2O7/c1-25(2)35-30(48)22-45(33(49)24-47-37(50)26-11-10-20-46-23-26)19-18-43(8)27(36(35)45)12-13-32-42(7)16-15-34(41(5,6)31(42)14-17-44(32,43)9)54-39(53)29-21-28(38(51)52)40(29,3)4/h10-11,20,23,25,27-29,31-34,49H,12-19,21-22,24H2,1-9H3,(H,47,50)(H,51,52)/t27-,28+,29-,31+,32-,33+,34+,42+,43-,44-,45+/m1/s1. The molecule has 7 rings (SSSR count). The van der Waals surface area contributed by atoms with Gasteiger partial charge in [-0.2, -0.15) is 0 Å². The first kappa shape index (κ1) is 39.2.